The summed E-state index contributed by atoms with van der Waals surface area (Å²) in [6.45, 7) is 3.81. The molecule has 0 radical (unpaired) electrons. The molecule has 1 N–H and O–H groups in total. The van der Waals surface area contributed by atoms with Gasteiger partial charge in [-0.2, -0.15) is 27.3 Å². The van der Waals surface area contributed by atoms with Crippen LogP contribution in [0.2, 0.25) is 5.02 Å². The molecule has 0 aliphatic carbocycles. The summed E-state index contributed by atoms with van der Waals surface area (Å²) in [6.07, 6.45) is -4.72. The molecule has 192 valence electrons. The van der Waals surface area contributed by atoms with Gasteiger partial charge in [-0.1, -0.05) is 52.1 Å². The van der Waals surface area contributed by atoms with Crippen LogP contribution in [0.3, 0.4) is 0 Å². The van der Waals surface area contributed by atoms with E-state index in [2.05, 4.69) is 51.6 Å². The van der Waals surface area contributed by atoms with Crippen molar-refractivity contribution in [2.75, 3.05) is 16.8 Å². The number of nitrogens with zero attached hydrogens (tertiary/aromatic N) is 4. The van der Waals surface area contributed by atoms with Gasteiger partial charge in [0, 0.05) is 32.7 Å². The number of rotatable bonds is 6. The number of hydrogen-bond donors (Lipinski definition) is 1. The molecule has 2 amide bonds. The maximum atomic E-state index is 13.3. The van der Waals surface area contributed by atoms with Gasteiger partial charge in [0.05, 0.1) is 16.3 Å². The van der Waals surface area contributed by atoms with Gasteiger partial charge in [0.15, 0.2) is 11.5 Å². The number of amides is 2. The molecular formula is C21H17Br2ClF3N5O3S. The van der Waals surface area contributed by atoms with Gasteiger partial charge < -0.3 is 4.74 Å². The second kappa shape index (κ2) is 11.8. The number of halogens is 6. The van der Waals surface area contributed by atoms with E-state index in [0.717, 1.165) is 0 Å². The van der Waals surface area contributed by atoms with E-state index in [0.29, 0.717) is 31.2 Å². The van der Waals surface area contributed by atoms with Crippen molar-refractivity contribution in [2.45, 2.75) is 20.0 Å². The number of carbonyl (C=O) groups is 2. The highest BCUT2D eigenvalue weighted by Crippen LogP contribution is 2.34. The first-order valence-electron chi connectivity index (χ1n) is 10.1. The van der Waals surface area contributed by atoms with E-state index in [1.165, 1.54) is 24.4 Å². The number of aromatic nitrogens is 3. The third-order valence-electron chi connectivity index (χ3n) is 4.49. The van der Waals surface area contributed by atoms with Crippen LogP contribution in [0.25, 0.3) is 5.82 Å². The molecule has 0 saturated heterocycles. The molecule has 0 unspecified atom stereocenters. The molecule has 0 fully saturated rings. The average Bonchev–Trinajstić information content (AvgIpc) is 3.23. The van der Waals surface area contributed by atoms with E-state index >= 15 is 0 Å². The number of nitrogens with one attached hydrogen (secondary N) is 1. The zero-order chi connectivity index (χ0) is 26.6. The topological polar surface area (TPSA) is 98.5 Å². The number of ether oxygens (including phenoxy) is 1. The average molecular weight is 672 g/mol. The highest BCUT2D eigenvalue weighted by molar-refractivity contribution is 9.11. The molecule has 0 aliphatic heterocycles. The fourth-order valence-corrected chi connectivity index (χ4v) is 5.38. The normalized spacial score (nSPS) is 11.5. The van der Waals surface area contributed by atoms with Crippen LogP contribution in [-0.4, -0.2) is 38.3 Å². The number of alkyl halides is 3. The Hall–Kier alpha value is -2.29. The smallest absolute Gasteiger partial charge is 0.391 e. The van der Waals surface area contributed by atoms with Crippen LogP contribution in [0.4, 0.5) is 23.7 Å². The summed E-state index contributed by atoms with van der Waals surface area (Å²) in [4.78, 5) is 29.6. The molecule has 3 aromatic rings. The number of pyridine rings is 1. The van der Waals surface area contributed by atoms with Crippen molar-refractivity contribution >= 4 is 71.8 Å². The quantitative estimate of drug-likeness (QED) is 0.303. The van der Waals surface area contributed by atoms with E-state index in [4.69, 9.17) is 16.3 Å². The second-order valence-electron chi connectivity index (χ2n) is 6.85. The van der Waals surface area contributed by atoms with Crippen molar-refractivity contribution in [1.29, 1.82) is 0 Å². The van der Waals surface area contributed by atoms with Crippen LogP contribution in [0.15, 0.2) is 49.8 Å². The number of anilines is 1. The second-order valence-corrected chi connectivity index (χ2v) is 11.3. The predicted molar refractivity (Wildman–Crippen MR) is 138 cm³/mol. The molecule has 1 aromatic carbocycles. The summed E-state index contributed by atoms with van der Waals surface area (Å²) in [5, 5.41) is 5.84. The van der Waals surface area contributed by atoms with Gasteiger partial charge in [-0.05, 0) is 40.2 Å². The van der Waals surface area contributed by atoms with Gasteiger partial charge in [0.2, 0.25) is 5.88 Å². The Labute approximate surface area is 227 Å². The Bertz CT molecular complexity index is 1340. The summed E-state index contributed by atoms with van der Waals surface area (Å²) in [5.41, 5.74) is -1.23. The first kappa shape index (κ1) is 28.3. The third kappa shape index (κ3) is 6.72. The molecule has 0 bridgehead atoms. The van der Waals surface area contributed by atoms with Gasteiger partial charge in [-0.25, -0.2) is 9.78 Å². The minimum Gasteiger partial charge on any atom is -0.391 e. The van der Waals surface area contributed by atoms with Crippen LogP contribution >= 0.6 is 43.5 Å². The van der Waals surface area contributed by atoms with Crippen molar-refractivity contribution in [3.05, 3.63) is 61.8 Å². The van der Waals surface area contributed by atoms with Gasteiger partial charge >= 0.3 is 12.3 Å². The lowest BCUT2D eigenvalue weighted by molar-refractivity contribution is -0.141. The van der Waals surface area contributed by atoms with Crippen LogP contribution < -0.4 is 10.1 Å². The molecule has 15 heteroatoms. The lowest BCUT2D eigenvalue weighted by Crippen LogP contribution is -2.21. The minimum absolute atomic E-state index is 0.0213. The maximum absolute atomic E-state index is 13.3. The zero-order valence-corrected chi connectivity index (χ0v) is 23.3. The summed E-state index contributed by atoms with van der Waals surface area (Å²) in [7, 11) is -0.504. The molecule has 0 aliphatic rings. The molecule has 2 aromatic heterocycles. The number of benzene rings is 1. The van der Waals surface area contributed by atoms with Crippen LogP contribution in [0.5, 0.6) is 5.88 Å². The van der Waals surface area contributed by atoms with Crippen molar-refractivity contribution < 1.29 is 27.5 Å². The van der Waals surface area contributed by atoms with Gasteiger partial charge in [0.1, 0.15) is 0 Å². The SMILES string of the molecule is CCS(CC)=NC(=O)c1cc(Br)cc(Br)c1NC(=O)Oc1cc(C(F)(F)F)nn1-c1ncccc1Cl. The predicted octanol–water partition coefficient (Wildman–Crippen LogP) is 7.06. The summed E-state index contributed by atoms with van der Waals surface area (Å²) in [5.74, 6) is 0.00468. The monoisotopic (exact) mass is 669 g/mol. The van der Waals surface area contributed by atoms with E-state index in [1.54, 1.807) is 6.07 Å². The highest BCUT2D eigenvalue weighted by Gasteiger charge is 2.36. The molecule has 0 atom stereocenters. The van der Waals surface area contributed by atoms with Crippen molar-refractivity contribution in [2.24, 2.45) is 4.36 Å². The molecule has 2 heterocycles. The van der Waals surface area contributed by atoms with Gasteiger partial charge in [-0.15, -0.1) is 0 Å². The standard InChI is InChI=1S/C21H17Br2ClF3N5O3S/c1-3-36(4-2)31-19(33)12-8-11(22)9-13(23)17(12)29-20(34)35-16-10-15(21(25,26)27)30-32(16)18-14(24)6-5-7-28-18/h5-10H,3-4H2,1-2H3,(H,29,34). The molecule has 0 spiro atoms. The molecular weight excluding hydrogens is 655 g/mol. The maximum Gasteiger partial charge on any atom is 0.435 e. The van der Waals surface area contributed by atoms with E-state index in [9.17, 15) is 22.8 Å². The van der Waals surface area contributed by atoms with Crippen LogP contribution in [0.1, 0.15) is 29.9 Å². The van der Waals surface area contributed by atoms with Crippen molar-refractivity contribution in [3.63, 3.8) is 0 Å². The largest absolute Gasteiger partial charge is 0.435 e. The summed E-state index contributed by atoms with van der Waals surface area (Å²) < 4.78 is 50.9. The fourth-order valence-electron chi connectivity index (χ4n) is 2.85. The Morgan fingerprint density at radius 2 is 1.92 bits per heavy atom. The van der Waals surface area contributed by atoms with Crippen LogP contribution in [-0.2, 0) is 16.9 Å². The molecule has 0 saturated carbocycles. The van der Waals surface area contributed by atoms with Crippen molar-refractivity contribution in [3.8, 4) is 11.7 Å². The highest BCUT2D eigenvalue weighted by atomic mass is 79.9. The zero-order valence-electron chi connectivity index (χ0n) is 18.6. The minimum atomic E-state index is -4.83. The molecule has 8 nitrogen and oxygen atoms in total. The Balaban J connectivity index is 1.98. The van der Waals surface area contributed by atoms with Gasteiger partial charge in [-0.3, -0.25) is 10.1 Å². The first-order valence-corrected chi connectivity index (χ1v) is 13.6. The number of hydrogen-bond acceptors (Lipinski definition) is 5. The first-order chi connectivity index (χ1) is 16.9. The van der Waals surface area contributed by atoms with Gasteiger partial charge in [0.25, 0.3) is 5.91 Å². The third-order valence-corrected chi connectivity index (χ3v) is 7.63. The Kier molecular flexibility index (Phi) is 9.30. The summed E-state index contributed by atoms with van der Waals surface area (Å²) in [6, 6.07) is 6.45. The fraction of sp³-hybridized carbons (Fsp3) is 0.238. The van der Waals surface area contributed by atoms with Crippen molar-refractivity contribution in [1.82, 2.24) is 14.8 Å². The van der Waals surface area contributed by atoms with E-state index in [-0.39, 0.29) is 22.1 Å². The van der Waals surface area contributed by atoms with E-state index < -0.39 is 40.4 Å². The lowest BCUT2D eigenvalue weighted by atomic mass is 10.1. The number of carbonyl (C=O) groups excluding carboxylic acids is 2. The van der Waals surface area contributed by atoms with E-state index in [1.807, 2.05) is 13.8 Å². The summed E-state index contributed by atoms with van der Waals surface area (Å²) >= 11 is 12.6. The molecule has 36 heavy (non-hydrogen) atoms. The molecule has 3 rings (SSSR count). The Morgan fingerprint density at radius 1 is 1.22 bits per heavy atom. The van der Waals surface area contributed by atoms with Crippen LogP contribution in [0, 0.1) is 0 Å². The lowest BCUT2D eigenvalue weighted by Gasteiger charge is -2.13. The Morgan fingerprint density at radius 3 is 2.53 bits per heavy atom.